The average Bonchev–Trinajstić information content (AvgIpc) is 2.58. The monoisotopic (exact) mass is 460 g/mol. The lowest BCUT2D eigenvalue weighted by Crippen LogP contribution is -2.53. The number of aryl methyl sites for hydroxylation is 1. The molecule has 2 aliphatic rings. The molecule has 1 N–H and O–H groups in total. The second-order valence-electron chi connectivity index (χ2n) is 6.68. The summed E-state index contributed by atoms with van der Waals surface area (Å²) in [5.41, 5.74) is 2.33. The Morgan fingerprint density at radius 1 is 1.38 bits per heavy atom. The zero-order valence-corrected chi connectivity index (χ0v) is 17.9. The summed E-state index contributed by atoms with van der Waals surface area (Å²) in [4.78, 5) is 11.5. The first-order chi connectivity index (χ1) is 11.2. The molecule has 2 heterocycles. The SMILES string of the molecule is CN=C(NCc1ncccc1C)N1CCSC2(CCCCC2)C1.I. The Morgan fingerprint density at radius 2 is 2.17 bits per heavy atom. The summed E-state index contributed by atoms with van der Waals surface area (Å²) in [6.07, 6.45) is 8.78. The topological polar surface area (TPSA) is 40.5 Å². The first-order valence-corrected chi connectivity index (χ1v) is 9.71. The molecule has 2 fully saturated rings. The highest BCUT2D eigenvalue weighted by atomic mass is 127. The fraction of sp³-hybridized carbons (Fsp3) is 0.667. The molecule has 4 nitrogen and oxygen atoms in total. The zero-order chi connectivity index (χ0) is 16.1. The maximum absolute atomic E-state index is 4.53. The van der Waals surface area contributed by atoms with Gasteiger partial charge in [0.15, 0.2) is 5.96 Å². The van der Waals surface area contributed by atoms with E-state index in [-0.39, 0.29) is 24.0 Å². The minimum absolute atomic E-state index is 0. The van der Waals surface area contributed by atoms with Crippen LogP contribution in [-0.4, -0.2) is 46.5 Å². The normalized spacial score (nSPS) is 20.6. The molecule has 0 unspecified atom stereocenters. The van der Waals surface area contributed by atoms with Crippen LogP contribution in [0.25, 0.3) is 0 Å². The number of thioether (sulfide) groups is 1. The van der Waals surface area contributed by atoms with E-state index in [0.29, 0.717) is 4.75 Å². The van der Waals surface area contributed by atoms with Crippen LogP contribution in [-0.2, 0) is 6.54 Å². The summed E-state index contributed by atoms with van der Waals surface area (Å²) < 4.78 is 0.467. The highest BCUT2D eigenvalue weighted by Gasteiger charge is 2.38. The number of nitrogens with zero attached hydrogens (tertiary/aromatic N) is 3. The Hall–Kier alpha value is -0.500. The highest BCUT2D eigenvalue weighted by molar-refractivity contribution is 14.0. The number of hydrogen-bond acceptors (Lipinski definition) is 3. The number of aromatic nitrogens is 1. The van der Waals surface area contributed by atoms with E-state index in [1.54, 1.807) is 0 Å². The zero-order valence-electron chi connectivity index (χ0n) is 14.8. The van der Waals surface area contributed by atoms with Crippen LogP contribution in [0.2, 0.25) is 0 Å². The number of pyridine rings is 1. The second kappa shape index (κ2) is 9.27. The van der Waals surface area contributed by atoms with Gasteiger partial charge in [0, 0.05) is 36.8 Å². The van der Waals surface area contributed by atoms with Crippen molar-refractivity contribution in [2.45, 2.75) is 50.3 Å². The first kappa shape index (κ1) is 19.8. The lowest BCUT2D eigenvalue weighted by Gasteiger charge is -2.45. The van der Waals surface area contributed by atoms with Crippen LogP contribution >= 0.6 is 35.7 Å². The fourth-order valence-corrected chi connectivity index (χ4v) is 5.29. The largest absolute Gasteiger partial charge is 0.351 e. The molecule has 0 radical (unpaired) electrons. The molecule has 1 saturated heterocycles. The number of hydrogen-bond donors (Lipinski definition) is 1. The van der Waals surface area contributed by atoms with E-state index >= 15 is 0 Å². The van der Waals surface area contributed by atoms with Crippen molar-refractivity contribution in [3.8, 4) is 0 Å². The Kier molecular flexibility index (Phi) is 7.65. The Bertz CT molecular complexity index is 552. The molecule has 1 aliphatic carbocycles. The van der Waals surface area contributed by atoms with E-state index in [4.69, 9.17) is 0 Å². The van der Waals surface area contributed by atoms with E-state index in [9.17, 15) is 0 Å². The van der Waals surface area contributed by atoms with Crippen molar-refractivity contribution >= 4 is 41.7 Å². The van der Waals surface area contributed by atoms with Crippen molar-refractivity contribution in [2.24, 2.45) is 4.99 Å². The Balaban J connectivity index is 0.00000208. The maximum Gasteiger partial charge on any atom is 0.194 e. The van der Waals surface area contributed by atoms with Crippen LogP contribution in [0.15, 0.2) is 23.3 Å². The number of nitrogens with one attached hydrogen (secondary N) is 1. The van der Waals surface area contributed by atoms with Gasteiger partial charge in [-0.1, -0.05) is 25.3 Å². The Morgan fingerprint density at radius 3 is 2.88 bits per heavy atom. The summed E-state index contributed by atoms with van der Waals surface area (Å²) in [6.45, 7) is 5.09. The van der Waals surface area contributed by atoms with Gasteiger partial charge in [-0.2, -0.15) is 11.8 Å². The molecule has 0 aromatic carbocycles. The van der Waals surface area contributed by atoms with Crippen molar-refractivity contribution in [1.29, 1.82) is 0 Å². The lowest BCUT2D eigenvalue weighted by molar-refractivity contribution is 0.293. The average molecular weight is 460 g/mol. The van der Waals surface area contributed by atoms with E-state index in [2.05, 4.69) is 44.9 Å². The molecule has 1 aromatic heterocycles. The van der Waals surface area contributed by atoms with Crippen molar-refractivity contribution in [1.82, 2.24) is 15.2 Å². The summed E-state index contributed by atoms with van der Waals surface area (Å²) in [5, 5.41) is 3.52. The highest BCUT2D eigenvalue weighted by Crippen LogP contribution is 2.42. The molecule has 1 aromatic rings. The molecule has 3 rings (SSSR count). The number of halogens is 1. The molecule has 134 valence electrons. The summed E-state index contributed by atoms with van der Waals surface area (Å²) in [5.74, 6) is 2.24. The van der Waals surface area contributed by atoms with Crippen LogP contribution in [0.5, 0.6) is 0 Å². The number of aliphatic imine (C=N–C) groups is 1. The Labute approximate surface area is 167 Å². The maximum atomic E-state index is 4.53. The molecule has 24 heavy (non-hydrogen) atoms. The summed E-state index contributed by atoms with van der Waals surface area (Å²) in [6, 6.07) is 4.10. The van der Waals surface area contributed by atoms with Crippen LogP contribution < -0.4 is 5.32 Å². The molecule has 1 spiro atoms. The third-order valence-electron chi connectivity index (χ3n) is 5.06. The van der Waals surface area contributed by atoms with Crippen LogP contribution in [0, 0.1) is 6.92 Å². The van der Waals surface area contributed by atoms with Gasteiger partial charge in [-0.05, 0) is 31.4 Å². The molecule has 6 heteroatoms. The summed E-state index contributed by atoms with van der Waals surface area (Å²) >= 11 is 2.20. The molecular weight excluding hydrogens is 431 g/mol. The van der Waals surface area contributed by atoms with Gasteiger partial charge in [0.2, 0.25) is 0 Å². The van der Waals surface area contributed by atoms with Gasteiger partial charge in [-0.15, -0.1) is 24.0 Å². The standard InChI is InChI=1S/C18H28N4S.HI/c1-15-7-6-10-20-16(15)13-21-17(19-2)22-11-12-23-18(14-22)8-4-3-5-9-18;/h6-7,10H,3-5,8-9,11-14H2,1-2H3,(H,19,21);1H. The van der Waals surface area contributed by atoms with Gasteiger partial charge < -0.3 is 10.2 Å². The van der Waals surface area contributed by atoms with Crippen LogP contribution in [0.4, 0.5) is 0 Å². The fourth-order valence-electron chi connectivity index (χ4n) is 3.72. The number of rotatable bonds is 2. The number of guanidine groups is 1. The van der Waals surface area contributed by atoms with E-state index < -0.39 is 0 Å². The molecule has 0 bridgehead atoms. The third-order valence-corrected chi connectivity index (χ3v) is 6.59. The quantitative estimate of drug-likeness (QED) is 0.414. The van der Waals surface area contributed by atoms with Crippen LogP contribution in [0.3, 0.4) is 0 Å². The van der Waals surface area contributed by atoms with Gasteiger partial charge in [0.1, 0.15) is 0 Å². The predicted molar refractivity (Wildman–Crippen MR) is 114 cm³/mol. The predicted octanol–water partition coefficient (Wildman–Crippen LogP) is 3.84. The molecule has 1 saturated carbocycles. The van der Waals surface area contributed by atoms with Gasteiger partial charge in [-0.25, -0.2) is 0 Å². The van der Waals surface area contributed by atoms with Crippen molar-refractivity contribution < 1.29 is 0 Å². The van der Waals surface area contributed by atoms with Gasteiger partial charge in [0.25, 0.3) is 0 Å². The molecular formula is C18H29IN4S. The molecule has 0 atom stereocenters. The van der Waals surface area contributed by atoms with Crippen molar-refractivity contribution in [3.63, 3.8) is 0 Å². The van der Waals surface area contributed by atoms with Gasteiger partial charge in [0.05, 0.1) is 12.2 Å². The second-order valence-corrected chi connectivity index (χ2v) is 8.24. The minimum Gasteiger partial charge on any atom is -0.351 e. The van der Waals surface area contributed by atoms with E-state index in [1.807, 2.05) is 19.3 Å². The van der Waals surface area contributed by atoms with Crippen molar-refractivity contribution in [3.05, 3.63) is 29.6 Å². The lowest BCUT2D eigenvalue weighted by atomic mass is 9.87. The molecule has 1 aliphatic heterocycles. The smallest absolute Gasteiger partial charge is 0.194 e. The van der Waals surface area contributed by atoms with Gasteiger partial charge in [-0.3, -0.25) is 9.98 Å². The third kappa shape index (κ3) is 4.77. The molecule has 0 amide bonds. The van der Waals surface area contributed by atoms with Gasteiger partial charge >= 0.3 is 0 Å². The minimum atomic E-state index is 0. The first-order valence-electron chi connectivity index (χ1n) is 8.72. The summed E-state index contributed by atoms with van der Waals surface area (Å²) in [7, 11) is 1.89. The van der Waals surface area contributed by atoms with Crippen LogP contribution in [0.1, 0.15) is 43.4 Å². The van der Waals surface area contributed by atoms with E-state index in [1.165, 1.54) is 43.4 Å². The van der Waals surface area contributed by atoms with E-state index in [0.717, 1.165) is 31.3 Å². The van der Waals surface area contributed by atoms with Crippen molar-refractivity contribution in [2.75, 3.05) is 25.9 Å².